The van der Waals surface area contributed by atoms with Gasteiger partial charge in [0.25, 0.3) is 0 Å². The predicted octanol–water partition coefficient (Wildman–Crippen LogP) is 1.80. The second kappa shape index (κ2) is 6.50. The molecule has 0 saturated heterocycles. The van der Waals surface area contributed by atoms with Crippen molar-refractivity contribution in [1.82, 2.24) is 9.27 Å². The summed E-state index contributed by atoms with van der Waals surface area (Å²) in [5.41, 5.74) is 5.76. The highest BCUT2D eigenvalue weighted by Gasteiger charge is 2.40. The molecular weight excluding hydrogens is 308 g/mol. The van der Waals surface area contributed by atoms with Gasteiger partial charge >= 0.3 is 0 Å². The Morgan fingerprint density at radius 1 is 1.52 bits per heavy atom. The first-order chi connectivity index (χ1) is 9.87. The Balaban J connectivity index is 2.02. The molecule has 0 aromatic carbocycles. The van der Waals surface area contributed by atoms with Gasteiger partial charge in [-0.25, -0.2) is 8.42 Å². The molecule has 1 aliphatic rings. The monoisotopic (exact) mass is 332 g/mol. The Labute approximate surface area is 130 Å². The van der Waals surface area contributed by atoms with Gasteiger partial charge in [-0.15, -0.1) is 0 Å². The van der Waals surface area contributed by atoms with E-state index in [2.05, 4.69) is 35.5 Å². The lowest BCUT2D eigenvalue weighted by atomic mass is 10.2. The molecule has 0 amide bonds. The number of likely N-dealkylation sites (N-methyl/N-ethyl adjacent to an activating group) is 1. The van der Waals surface area contributed by atoms with Crippen molar-refractivity contribution in [3.05, 3.63) is 0 Å². The summed E-state index contributed by atoms with van der Waals surface area (Å²) < 4.78 is 28.8. The minimum absolute atomic E-state index is 0.129. The molecule has 1 aromatic rings. The molecule has 1 aliphatic carbocycles. The van der Waals surface area contributed by atoms with Crippen LogP contribution in [0.1, 0.15) is 33.1 Å². The van der Waals surface area contributed by atoms with E-state index >= 15 is 0 Å². The van der Waals surface area contributed by atoms with Gasteiger partial charge in [0.1, 0.15) is 9.90 Å². The molecule has 0 radical (unpaired) electrons. The number of hydrogen-bond acceptors (Lipinski definition) is 7. The summed E-state index contributed by atoms with van der Waals surface area (Å²) in [6, 6.07) is 0.507. The number of nitrogen functional groups attached to an aromatic ring is 1. The summed E-state index contributed by atoms with van der Waals surface area (Å²) in [5, 5.41) is 3.50. The maximum atomic E-state index is 12.4. The topological polar surface area (TPSA) is 88.3 Å². The standard InChI is InChI=1S/C13H24N4O2S2/c1-4-9(2)17(3)8-7-15-13-11(12(14)16-20-13)21(18,19)10-5-6-10/h9-10,15H,4-8H2,1-3H3,(H2,14,16). The third-order valence-corrected chi connectivity index (χ3v) is 7.29. The largest absolute Gasteiger partial charge is 0.382 e. The van der Waals surface area contributed by atoms with Crippen LogP contribution >= 0.6 is 11.5 Å². The van der Waals surface area contributed by atoms with Crippen molar-refractivity contribution in [2.24, 2.45) is 0 Å². The first-order valence-corrected chi connectivity index (χ1v) is 9.63. The highest BCUT2D eigenvalue weighted by Crippen LogP contribution is 2.40. The molecule has 6 nitrogen and oxygen atoms in total. The summed E-state index contributed by atoms with van der Waals surface area (Å²) in [5.74, 6) is 0.129. The molecule has 1 saturated carbocycles. The van der Waals surface area contributed by atoms with Crippen LogP contribution in [-0.4, -0.2) is 49.1 Å². The first-order valence-electron chi connectivity index (χ1n) is 7.31. The molecule has 0 aliphatic heterocycles. The molecule has 0 bridgehead atoms. The van der Waals surface area contributed by atoms with Crippen molar-refractivity contribution in [3.63, 3.8) is 0 Å². The number of hydrogen-bond donors (Lipinski definition) is 2. The smallest absolute Gasteiger partial charge is 0.187 e. The van der Waals surface area contributed by atoms with Crippen molar-refractivity contribution in [3.8, 4) is 0 Å². The molecule has 1 heterocycles. The summed E-state index contributed by atoms with van der Waals surface area (Å²) >= 11 is 1.13. The molecule has 8 heteroatoms. The summed E-state index contributed by atoms with van der Waals surface area (Å²) in [4.78, 5) is 2.45. The van der Waals surface area contributed by atoms with E-state index in [-0.39, 0.29) is 16.0 Å². The highest BCUT2D eigenvalue weighted by atomic mass is 32.2. The van der Waals surface area contributed by atoms with E-state index in [1.807, 2.05) is 0 Å². The Morgan fingerprint density at radius 3 is 2.76 bits per heavy atom. The van der Waals surface area contributed by atoms with Gasteiger partial charge in [-0.3, -0.25) is 0 Å². The van der Waals surface area contributed by atoms with Crippen LogP contribution in [0.25, 0.3) is 0 Å². The van der Waals surface area contributed by atoms with Gasteiger partial charge in [-0.2, -0.15) is 4.37 Å². The number of aromatic nitrogens is 1. The Bertz CT molecular complexity index is 581. The van der Waals surface area contributed by atoms with Crippen LogP contribution in [0.3, 0.4) is 0 Å². The van der Waals surface area contributed by atoms with E-state index in [0.717, 1.165) is 37.3 Å². The number of nitrogens with zero attached hydrogens (tertiary/aromatic N) is 2. The quantitative estimate of drug-likeness (QED) is 0.755. The molecule has 0 spiro atoms. The average molecular weight is 332 g/mol. The van der Waals surface area contributed by atoms with Crippen molar-refractivity contribution >= 4 is 32.2 Å². The van der Waals surface area contributed by atoms with Gasteiger partial charge in [0.05, 0.1) is 5.25 Å². The third-order valence-electron chi connectivity index (χ3n) is 4.02. The number of nitrogens with one attached hydrogen (secondary N) is 1. The fourth-order valence-corrected chi connectivity index (χ4v) is 5.02. The van der Waals surface area contributed by atoms with Gasteiger partial charge in [0, 0.05) is 19.1 Å². The van der Waals surface area contributed by atoms with E-state index < -0.39 is 9.84 Å². The van der Waals surface area contributed by atoms with Crippen LogP contribution in [0.2, 0.25) is 0 Å². The molecule has 2 rings (SSSR count). The van der Waals surface area contributed by atoms with E-state index in [9.17, 15) is 8.42 Å². The van der Waals surface area contributed by atoms with Crippen LogP contribution in [0, 0.1) is 0 Å². The SMILES string of the molecule is CCC(C)N(C)CCNc1snc(N)c1S(=O)(=O)C1CC1. The van der Waals surface area contributed by atoms with Crippen LogP contribution in [0.15, 0.2) is 4.90 Å². The van der Waals surface area contributed by atoms with E-state index in [4.69, 9.17) is 5.73 Å². The molecule has 1 unspecified atom stereocenters. The lowest BCUT2D eigenvalue weighted by Gasteiger charge is -2.23. The van der Waals surface area contributed by atoms with Gasteiger partial charge < -0.3 is 16.0 Å². The van der Waals surface area contributed by atoms with Crippen molar-refractivity contribution < 1.29 is 8.42 Å². The molecular formula is C13H24N4O2S2. The highest BCUT2D eigenvalue weighted by molar-refractivity contribution is 7.92. The molecule has 1 fully saturated rings. The van der Waals surface area contributed by atoms with Crippen molar-refractivity contribution in [2.45, 2.75) is 49.3 Å². The maximum Gasteiger partial charge on any atom is 0.187 e. The lowest BCUT2D eigenvalue weighted by molar-refractivity contribution is 0.261. The van der Waals surface area contributed by atoms with Crippen LogP contribution in [-0.2, 0) is 9.84 Å². The van der Waals surface area contributed by atoms with Gasteiger partial charge in [-0.1, -0.05) is 6.92 Å². The Morgan fingerprint density at radius 2 is 2.19 bits per heavy atom. The maximum absolute atomic E-state index is 12.4. The second-order valence-corrected chi connectivity index (χ2v) is 8.57. The average Bonchev–Trinajstić information content (AvgIpc) is 3.23. The van der Waals surface area contributed by atoms with Crippen LogP contribution < -0.4 is 11.1 Å². The van der Waals surface area contributed by atoms with Gasteiger partial charge in [-0.05, 0) is 44.8 Å². The molecule has 21 heavy (non-hydrogen) atoms. The minimum Gasteiger partial charge on any atom is -0.382 e. The van der Waals surface area contributed by atoms with Crippen molar-refractivity contribution in [2.75, 3.05) is 31.2 Å². The number of nitrogens with two attached hydrogens (primary N) is 1. The van der Waals surface area contributed by atoms with E-state index in [1.165, 1.54) is 0 Å². The second-order valence-electron chi connectivity index (χ2n) is 5.64. The Hall–Kier alpha value is -0.860. The molecule has 1 atom stereocenters. The number of sulfone groups is 1. The zero-order valence-corrected chi connectivity index (χ0v) is 14.4. The third kappa shape index (κ3) is 3.67. The fraction of sp³-hybridized carbons (Fsp3) is 0.769. The summed E-state index contributed by atoms with van der Waals surface area (Å²) in [6.45, 7) is 5.85. The fourth-order valence-electron chi connectivity index (χ4n) is 2.10. The summed E-state index contributed by atoms with van der Waals surface area (Å²) in [6.07, 6.45) is 2.55. The zero-order valence-electron chi connectivity index (χ0n) is 12.8. The zero-order chi connectivity index (χ0) is 15.6. The molecule has 120 valence electrons. The van der Waals surface area contributed by atoms with Crippen LogP contribution in [0.5, 0.6) is 0 Å². The minimum atomic E-state index is -3.31. The van der Waals surface area contributed by atoms with Crippen LogP contribution in [0.4, 0.5) is 10.8 Å². The van der Waals surface area contributed by atoms with Gasteiger partial charge in [0.2, 0.25) is 0 Å². The number of rotatable bonds is 8. The number of anilines is 2. The van der Waals surface area contributed by atoms with Gasteiger partial charge in [0.15, 0.2) is 15.7 Å². The van der Waals surface area contributed by atoms with E-state index in [0.29, 0.717) is 17.6 Å². The molecule has 1 aromatic heterocycles. The van der Waals surface area contributed by atoms with Crippen molar-refractivity contribution in [1.29, 1.82) is 0 Å². The first kappa shape index (κ1) is 16.5. The lowest BCUT2D eigenvalue weighted by Crippen LogP contribution is -2.32. The predicted molar refractivity (Wildman–Crippen MR) is 87.6 cm³/mol. The summed E-state index contributed by atoms with van der Waals surface area (Å²) in [7, 11) is -1.24. The molecule has 3 N–H and O–H groups in total. The van der Waals surface area contributed by atoms with E-state index in [1.54, 1.807) is 0 Å². The normalized spacial score (nSPS) is 17.1. The Kier molecular flexibility index (Phi) is 5.11.